The van der Waals surface area contributed by atoms with Crippen LogP contribution in [0.5, 0.6) is 0 Å². The summed E-state index contributed by atoms with van der Waals surface area (Å²) in [6.07, 6.45) is 2.59. The number of carbonyl (C=O) groups is 3. The van der Waals surface area contributed by atoms with Gasteiger partial charge in [0.1, 0.15) is 6.04 Å². The standard InChI is InChI=1S/C20H35N5O3/c1-12(2)8-24-10-16-7-15(22-20(28)21-13(3)4)9-25(16)19(27)17(11-24)23-18(26)14-5-6-14/h12-17H,5-11H2,1-4H3,(H,23,26)(H2,21,22,28)/t15-,16-,17-/m0/s1. The Bertz CT molecular complexity index is 605. The second kappa shape index (κ2) is 8.68. The van der Waals surface area contributed by atoms with E-state index < -0.39 is 6.04 Å². The van der Waals surface area contributed by atoms with Gasteiger partial charge in [-0.15, -0.1) is 0 Å². The van der Waals surface area contributed by atoms with Crippen LogP contribution >= 0.6 is 0 Å². The van der Waals surface area contributed by atoms with E-state index in [1.807, 2.05) is 18.7 Å². The van der Waals surface area contributed by atoms with E-state index in [0.717, 1.165) is 32.4 Å². The van der Waals surface area contributed by atoms with Gasteiger partial charge in [0.25, 0.3) is 0 Å². The van der Waals surface area contributed by atoms with Crippen LogP contribution < -0.4 is 16.0 Å². The van der Waals surface area contributed by atoms with Gasteiger partial charge in [-0.3, -0.25) is 14.5 Å². The molecule has 28 heavy (non-hydrogen) atoms. The second-order valence-corrected chi connectivity index (χ2v) is 9.30. The lowest BCUT2D eigenvalue weighted by molar-refractivity contribution is -0.136. The highest BCUT2D eigenvalue weighted by Crippen LogP contribution is 2.29. The highest BCUT2D eigenvalue weighted by atomic mass is 16.2. The minimum absolute atomic E-state index is 0.00600. The highest BCUT2D eigenvalue weighted by molar-refractivity contribution is 5.90. The zero-order chi connectivity index (χ0) is 20.4. The molecule has 0 radical (unpaired) electrons. The summed E-state index contributed by atoms with van der Waals surface area (Å²) in [5.41, 5.74) is 0. The van der Waals surface area contributed by atoms with Gasteiger partial charge in [-0.05, 0) is 39.0 Å². The normalized spacial score (nSPS) is 28.3. The molecular weight excluding hydrogens is 358 g/mol. The molecule has 2 aliphatic heterocycles. The quantitative estimate of drug-likeness (QED) is 0.614. The monoisotopic (exact) mass is 393 g/mol. The zero-order valence-corrected chi connectivity index (χ0v) is 17.5. The zero-order valence-electron chi connectivity index (χ0n) is 17.5. The fraction of sp³-hybridized carbons (Fsp3) is 0.850. The van der Waals surface area contributed by atoms with Crippen LogP contribution in [0.2, 0.25) is 0 Å². The predicted octanol–water partition coefficient (Wildman–Crippen LogP) is 0.530. The molecule has 0 bridgehead atoms. The maximum atomic E-state index is 13.2. The minimum Gasteiger partial charge on any atom is -0.343 e. The number of rotatable bonds is 6. The number of amides is 4. The molecule has 3 fully saturated rings. The summed E-state index contributed by atoms with van der Waals surface area (Å²) in [5, 5.41) is 8.84. The second-order valence-electron chi connectivity index (χ2n) is 9.30. The number of hydrogen-bond acceptors (Lipinski definition) is 4. The predicted molar refractivity (Wildman–Crippen MR) is 107 cm³/mol. The Labute approximate surface area is 167 Å². The number of carbonyl (C=O) groups excluding carboxylic acids is 3. The molecule has 0 aromatic rings. The Morgan fingerprint density at radius 3 is 2.39 bits per heavy atom. The van der Waals surface area contributed by atoms with Crippen molar-refractivity contribution in [2.75, 3.05) is 26.2 Å². The first-order valence-electron chi connectivity index (χ1n) is 10.6. The van der Waals surface area contributed by atoms with Crippen molar-refractivity contribution >= 4 is 17.8 Å². The Morgan fingerprint density at radius 1 is 1.07 bits per heavy atom. The van der Waals surface area contributed by atoms with Crippen LogP contribution in [0.15, 0.2) is 0 Å². The molecule has 3 aliphatic rings. The molecule has 158 valence electrons. The number of hydrogen-bond donors (Lipinski definition) is 3. The Morgan fingerprint density at radius 2 is 1.79 bits per heavy atom. The van der Waals surface area contributed by atoms with Crippen LogP contribution in [0.25, 0.3) is 0 Å². The molecule has 3 N–H and O–H groups in total. The first kappa shape index (κ1) is 20.9. The van der Waals surface area contributed by atoms with Crippen LogP contribution in [-0.4, -0.2) is 78.0 Å². The molecular formula is C20H35N5O3. The van der Waals surface area contributed by atoms with Crippen LogP contribution in [-0.2, 0) is 9.59 Å². The average Bonchev–Trinajstić information content (AvgIpc) is 3.36. The summed E-state index contributed by atoms with van der Waals surface area (Å²) < 4.78 is 0. The summed E-state index contributed by atoms with van der Waals surface area (Å²) in [5.74, 6) is 0.553. The lowest BCUT2D eigenvalue weighted by atomic mass is 10.1. The summed E-state index contributed by atoms with van der Waals surface area (Å²) >= 11 is 0. The third-order valence-electron chi connectivity index (χ3n) is 5.55. The SMILES string of the molecule is CC(C)CN1C[C@@H]2C[C@H](NC(=O)NC(C)C)CN2C(=O)[C@@H](NC(=O)C2CC2)C1. The van der Waals surface area contributed by atoms with Crippen molar-refractivity contribution in [2.24, 2.45) is 11.8 Å². The smallest absolute Gasteiger partial charge is 0.315 e. The first-order valence-corrected chi connectivity index (χ1v) is 10.6. The number of fused-ring (bicyclic) bond motifs is 1. The lowest BCUT2D eigenvalue weighted by Crippen LogP contribution is -2.52. The Hall–Kier alpha value is -1.83. The van der Waals surface area contributed by atoms with Crippen LogP contribution in [0.4, 0.5) is 4.79 Å². The van der Waals surface area contributed by atoms with Crippen molar-refractivity contribution in [1.29, 1.82) is 0 Å². The number of nitrogens with one attached hydrogen (secondary N) is 3. The maximum absolute atomic E-state index is 13.2. The van der Waals surface area contributed by atoms with Crippen molar-refractivity contribution in [3.05, 3.63) is 0 Å². The molecule has 3 rings (SSSR count). The molecule has 8 nitrogen and oxygen atoms in total. The molecule has 1 aliphatic carbocycles. The molecule has 0 spiro atoms. The van der Waals surface area contributed by atoms with E-state index in [4.69, 9.17) is 0 Å². The number of nitrogens with zero attached hydrogens (tertiary/aromatic N) is 2. The van der Waals surface area contributed by atoms with E-state index in [0.29, 0.717) is 19.0 Å². The topological polar surface area (TPSA) is 93.8 Å². The van der Waals surface area contributed by atoms with E-state index in [1.54, 1.807) is 0 Å². The van der Waals surface area contributed by atoms with E-state index in [-0.39, 0.29) is 41.9 Å². The van der Waals surface area contributed by atoms with Crippen molar-refractivity contribution in [3.8, 4) is 0 Å². The summed E-state index contributed by atoms with van der Waals surface area (Å²) in [6, 6.07) is -0.620. The molecule has 4 amide bonds. The van der Waals surface area contributed by atoms with E-state index in [2.05, 4.69) is 34.7 Å². The molecule has 3 atom stereocenters. The van der Waals surface area contributed by atoms with E-state index in [1.165, 1.54) is 0 Å². The van der Waals surface area contributed by atoms with Gasteiger partial charge in [0.2, 0.25) is 11.8 Å². The van der Waals surface area contributed by atoms with Crippen molar-refractivity contribution in [1.82, 2.24) is 25.8 Å². The van der Waals surface area contributed by atoms with Gasteiger partial charge in [-0.2, -0.15) is 0 Å². The summed E-state index contributed by atoms with van der Waals surface area (Å²) in [4.78, 5) is 41.7. The molecule has 1 saturated carbocycles. The van der Waals surface area contributed by atoms with Gasteiger partial charge in [-0.25, -0.2) is 4.79 Å². The lowest BCUT2D eigenvalue weighted by Gasteiger charge is -2.26. The van der Waals surface area contributed by atoms with Gasteiger partial charge in [-0.1, -0.05) is 13.8 Å². The van der Waals surface area contributed by atoms with Gasteiger partial charge in [0.05, 0.1) is 6.04 Å². The minimum atomic E-state index is -0.500. The molecule has 2 heterocycles. The van der Waals surface area contributed by atoms with Gasteiger partial charge in [0, 0.05) is 44.2 Å². The first-order chi connectivity index (χ1) is 13.2. The molecule has 0 aromatic carbocycles. The van der Waals surface area contributed by atoms with E-state index >= 15 is 0 Å². The summed E-state index contributed by atoms with van der Waals surface area (Å²) in [7, 11) is 0. The number of urea groups is 1. The van der Waals surface area contributed by atoms with Crippen molar-refractivity contribution < 1.29 is 14.4 Å². The van der Waals surface area contributed by atoms with Crippen LogP contribution in [0.1, 0.15) is 47.0 Å². The van der Waals surface area contributed by atoms with Crippen molar-refractivity contribution in [2.45, 2.75) is 71.1 Å². The molecule has 8 heteroatoms. The summed E-state index contributed by atoms with van der Waals surface area (Å²) in [6.45, 7) is 10.9. The fourth-order valence-corrected chi connectivity index (χ4v) is 4.27. The van der Waals surface area contributed by atoms with Crippen molar-refractivity contribution in [3.63, 3.8) is 0 Å². The molecule has 0 unspecified atom stereocenters. The van der Waals surface area contributed by atoms with Crippen LogP contribution in [0.3, 0.4) is 0 Å². The van der Waals surface area contributed by atoms with Gasteiger partial charge < -0.3 is 20.9 Å². The largest absolute Gasteiger partial charge is 0.343 e. The molecule has 2 saturated heterocycles. The Balaban J connectivity index is 1.68. The fourth-order valence-electron chi connectivity index (χ4n) is 4.27. The third-order valence-corrected chi connectivity index (χ3v) is 5.55. The third kappa shape index (κ3) is 5.37. The average molecular weight is 394 g/mol. The molecule has 0 aromatic heterocycles. The van der Waals surface area contributed by atoms with Gasteiger partial charge >= 0.3 is 6.03 Å². The van der Waals surface area contributed by atoms with Crippen LogP contribution in [0, 0.1) is 11.8 Å². The highest BCUT2D eigenvalue weighted by Gasteiger charge is 2.43. The Kier molecular flexibility index (Phi) is 6.47. The van der Waals surface area contributed by atoms with E-state index in [9.17, 15) is 14.4 Å². The van der Waals surface area contributed by atoms with Gasteiger partial charge in [0.15, 0.2) is 0 Å². The maximum Gasteiger partial charge on any atom is 0.315 e.